The van der Waals surface area contributed by atoms with Crippen LogP contribution in [0.5, 0.6) is 0 Å². The van der Waals surface area contributed by atoms with E-state index in [0.717, 1.165) is 11.4 Å². The van der Waals surface area contributed by atoms with Gasteiger partial charge in [-0.1, -0.05) is 0 Å². The number of aromatic nitrogens is 2. The first-order valence-electron chi connectivity index (χ1n) is 5.59. The molecule has 6 heteroatoms. The minimum Gasteiger partial charge on any atom is -0.395 e. The largest absolute Gasteiger partial charge is 0.395 e. The van der Waals surface area contributed by atoms with Gasteiger partial charge in [-0.05, 0) is 19.9 Å². The number of nitrogens with zero attached hydrogens (tertiary/aromatic N) is 3. The summed E-state index contributed by atoms with van der Waals surface area (Å²) in [6.07, 6.45) is 0. The number of rotatable bonds is 6. The summed E-state index contributed by atoms with van der Waals surface area (Å²) in [5, 5.41) is 21.9. The highest BCUT2D eigenvalue weighted by Crippen LogP contribution is 2.02. The lowest BCUT2D eigenvalue weighted by Gasteiger charge is -2.20. The molecule has 0 saturated carbocycles. The van der Waals surface area contributed by atoms with Gasteiger partial charge in [0.15, 0.2) is 0 Å². The Bertz CT molecular complexity index is 370. The van der Waals surface area contributed by atoms with Gasteiger partial charge < -0.3 is 15.1 Å². The summed E-state index contributed by atoms with van der Waals surface area (Å²) < 4.78 is 1.62. The Morgan fingerprint density at radius 2 is 1.94 bits per heavy atom. The lowest BCUT2D eigenvalue weighted by molar-refractivity contribution is -0.133. The van der Waals surface area contributed by atoms with Crippen molar-refractivity contribution in [2.75, 3.05) is 26.3 Å². The Balaban J connectivity index is 2.65. The number of aryl methyl sites for hydroxylation is 2. The average molecular weight is 241 g/mol. The topological polar surface area (TPSA) is 78.6 Å². The molecule has 0 aromatic carbocycles. The molecule has 2 N–H and O–H groups in total. The van der Waals surface area contributed by atoms with Crippen LogP contribution in [0, 0.1) is 13.8 Å². The summed E-state index contributed by atoms with van der Waals surface area (Å²) in [7, 11) is 0. The number of carbonyl (C=O) groups excluding carboxylic acids is 1. The Hall–Kier alpha value is -1.40. The fourth-order valence-electron chi connectivity index (χ4n) is 1.67. The standard InChI is InChI=1S/C11H19N3O3/c1-9-7-10(2)14(12-9)8-11(17)13(3-5-15)4-6-16/h7,15-16H,3-6,8H2,1-2H3. The van der Waals surface area contributed by atoms with Crippen molar-refractivity contribution < 1.29 is 15.0 Å². The Morgan fingerprint density at radius 1 is 1.35 bits per heavy atom. The minimum absolute atomic E-state index is 0.108. The van der Waals surface area contributed by atoms with Gasteiger partial charge in [0.2, 0.25) is 5.91 Å². The van der Waals surface area contributed by atoms with Crippen LogP contribution in [0.3, 0.4) is 0 Å². The van der Waals surface area contributed by atoms with Crippen LogP contribution >= 0.6 is 0 Å². The number of hydrogen-bond acceptors (Lipinski definition) is 4. The van der Waals surface area contributed by atoms with E-state index >= 15 is 0 Å². The average Bonchev–Trinajstić information content (AvgIpc) is 2.57. The SMILES string of the molecule is Cc1cc(C)n(CC(=O)N(CCO)CCO)n1. The van der Waals surface area contributed by atoms with Gasteiger partial charge in [0, 0.05) is 18.8 Å². The van der Waals surface area contributed by atoms with Gasteiger partial charge in [0.25, 0.3) is 0 Å². The predicted octanol–water partition coefficient (Wildman–Crippen LogP) is -0.687. The number of aliphatic hydroxyl groups is 2. The van der Waals surface area contributed by atoms with Gasteiger partial charge in [0.1, 0.15) is 6.54 Å². The minimum atomic E-state index is -0.153. The number of hydrogen-bond donors (Lipinski definition) is 2. The molecule has 0 saturated heterocycles. The zero-order valence-electron chi connectivity index (χ0n) is 10.3. The lowest BCUT2D eigenvalue weighted by atomic mass is 10.4. The highest BCUT2D eigenvalue weighted by Gasteiger charge is 2.14. The fourth-order valence-corrected chi connectivity index (χ4v) is 1.67. The van der Waals surface area contributed by atoms with Crippen LogP contribution in [-0.4, -0.2) is 57.1 Å². The van der Waals surface area contributed by atoms with E-state index < -0.39 is 0 Å². The molecule has 6 nitrogen and oxygen atoms in total. The lowest BCUT2D eigenvalue weighted by Crippen LogP contribution is -2.38. The molecule has 0 aliphatic carbocycles. The van der Waals surface area contributed by atoms with Crippen molar-refractivity contribution in [1.29, 1.82) is 0 Å². The smallest absolute Gasteiger partial charge is 0.244 e. The van der Waals surface area contributed by atoms with E-state index in [0.29, 0.717) is 0 Å². The van der Waals surface area contributed by atoms with Gasteiger partial charge >= 0.3 is 0 Å². The first-order valence-corrected chi connectivity index (χ1v) is 5.59. The van der Waals surface area contributed by atoms with Crippen LogP contribution in [0.25, 0.3) is 0 Å². The third-order valence-corrected chi connectivity index (χ3v) is 2.48. The molecule has 0 radical (unpaired) electrons. The van der Waals surface area contributed by atoms with Crippen LogP contribution in [0.1, 0.15) is 11.4 Å². The highest BCUT2D eigenvalue weighted by atomic mass is 16.3. The van der Waals surface area contributed by atoms with Crippen LogP contribution < -0.4 is 0 Å². The zero-order valence-corrected chi connectivity index (χ0v) is 10.3. The van der Waals surface area contributed by atoms with Crippen molar-refractivity contribution in [3.63, 3.8) is 0 Å². The van der Waals surface area contributed by atoms with E-state index in [4.69, 9.17) is 10.2 Å². The number of aliphatic hydroxyl groups excluding tert-OH is 2. The molecular weight excluding hydrogens is 222 g/mol. The van der Waals surface area contributed by atoms with E-state index in [9.17, 15) is 4.79 Å². The molecule has 1 aromatic heterocycles. The second-order valence-electron chi connectivity index (χ2n) is 3.91. The van der Waals surface area contributed by atoms with Crippen molar-refractivity contribution in [1.82, 2.24) is 14.7 Å². The first-order chi connectivity index (χ1) is 8.08. The van der Waals surface area contributed by atoms with Crippen LogP contribution in [-0.2, 0) is 11.3 Å². The highest BCUT2D eigenvalue weighted by molar-refractivity contribution is 5.76. The fraction of sp³-hybridized carbons (Fsp3) is 0.636. The second-order valence-corrected chi connectivity index (χ2v) is 3.91. The van der Waals surface area contributed by atoms with E-state index in [1.807, 2.05) is 19.9 Å². The molecule has 0 aliphatic heterocycles. The molecule has 1 heterocycles. The maximum absolute atomic E-state index is 11.9. The third-order valence-electron chi connectivity index (χ3n) is 2.48. The van der Waals surface area contributed by atoms with Crippen LogP contribution in [0.15, 0.2) is 6.07 Å². The van der Waals surface area contributed by atoms with E-state index in [2.05, 4.69) is 5.10 Å². The van der Waals surface area contributed by atoms with Gasteiger partial charge in [-0.3, -0.25) is 9.48 Å². The summed E-state index contributed by atoms with van der Waals surface area (Å²) >= 11 is 0. The predicted molar refractivity (Wildman–Crippen MR) is 62.5 cm³/mol. The Morgan fingerprint density at radius 3 is 2.35 bits per heavy atom. The molecule has 0 atom stereocenters. The summed E-state index contributed by atoms with van der Waals surface area (Å²) in [4.78, 5) is 13.3. The van der Waals surface area contributed by atoms with Gasteiger partial charge in [-0.15, -0.1) is 0 Å². The Kier molecular flexibility index (Phi) is 5.11. The van der Waals surface area contributed by atoms with Crippen LogP contribution in [0.4, 0.5) is 0 Å². The van der Waals surface area contributed by atoms with E-state index in [1.54, 1.807) is 4.68 Å². The van der Waals surface area contributed by atoms with E-state index in [1.165, 1.54) is 4.90 Å². The molecular formula is C11H19N3O3. The second kappa shape index (κ2) is 6.36. The molecule has 1 amide bonds. The molecule has 0 fully saturated rings. The van der Waals surface area contributed by atoms with Crippen molar-refractivity contribution in [2.24, 2.45) is 0 Å². The molecule has 0 spiro atoms. The summed E-state index contributed by atoms with van der Waals surface area (Å²) in [5.41, 5.74) is 1.79. The van der Waals surface area contributed by atoms with Crippen molar-refractivity contribution >= 4 is 5.91 Å². The van der Waals surface area contributed by atoms with Crippen LogP contribution in [0.2, 0.25) is 0 Å². The molecule has 96 valence electrons. The molecule has 0 aliphatic rings. The van der Waals surface area contributed by atoms with Crippen molar-refractivity contribution in [2.45, 2.75) is 20.4 Å². The van der Waals surface area contributed by atoms with E-state index in [-0.39, 0.29) is 38.8 Å². The zero-order chi connectivity index (χ0) is 12.8. The van der Waals surface area contributed by atoms with Crippen molar-refractivity contribution in [3.05, 3.63) is 17.5 Å². The molecule has 0 unspecified atom stereocenters. The first kappa shape index (κ1) is 13.7. The summed E-state index contributed by atoms with van der Waals surface area (Å²) in [6, 6.07) is 1.90. The molecule has 1 rings (SSSR count). The number of carbonyl (C=O) groups is 1. The van der Waals surface area contributed by atoms with Gasteiger partial charge in [-0.25, -0.2) is 0 Å². The number of amides is 1. The Labute approximate surface area is 100 Å². The van der Waals surface area contributed by atoms with Gasteiger partial charge in [0.05, 0.1) is 18.9 Å². The molecule has 17 heavy (non-hydrogen) atoms. The summed E-state index contributed by atoms with van der Waals surface area (Å²) in [6.45, 7) is 4.14. The maximum Gasteiger partial charge on any atom is 0.244 e. The quantitative estimate of drug-likeness (QED) is 0.691. The normalized spacial score (nSPS) is 10.6. The molecule has 0 bridgehead atoms. The van der Waals surface area contributed by atoms with Crippen molar-refractivity contribution in [3.8, 4) is 0 Å². The molecule has 1 aromatic rings. The summed E-state index contributed by atoms with van der Waals surface area (Å²) in [5.74, 6) is -0.153. The monoisotopic (exact) mass is 241 g/mol. The van der Waals surface area contributed by atoms with Gasteiger partial charge in [-0.2, -0.15) is 5.10 Å². The maximum atomic E-state index is 11.9. The third kappa shape index (κ3) is 3.83.